The molecule has 4 nitrogen and oxygen atoms in total. The van der Waals surface area contributed by atoms with Crippen molar-refractivity contribution in [3.8, 4) is 0 Å². The van der Waals surface area contributed by atoms with E-state index in [1.807, 2.05) is 23.1 Å². The number of amides is 1. The number of allylic oxidation sites excluding steroid dienone is 1. The summed E-state index contributed by atoms with van der Waals surface area (Å²) in [5.41, 5.74) is 2.62. The molecule has 0 bridgehead atoms. The highest BCUT2D eigenvalue weighted by molar-refractivity contribution is 6.02. The Labute approximate surface area is 168 Å². The molecule has 28 heavy (non-hydrogen) atoms. The van der Waals surface area contributed by atoms with Crippen LogP contribution in [-0.4, -0.2) is 36.5 Å². The molecule has 1 aromatic heterocycles. The van der Waals surface area contributed by atoms with Gasteiger partial charge in [0.15, 0.2) is 0 Å². The molecule has 1 aromatic carbocycles. The van der Waals surface area contributed by atoms with Crippen molar-refractivity contribution in [3.63, 3.8) is 0 Å². The van der Waals surface area contributed by atoms with Gasteiger partial charge < -0.3 is 9.32 Å². The molecule has 0 spiro atoms. The van der Waals surface area contributed by atoms with E-state index in [4.69, 9.17) is 4.42 Å². The van der Waals surface area contributed by atoms with Crippen molar-refractivity contribution in [2.24, 2.45) is 0 Å². The minimum absolute atomic E-state index is 0.120. The lowest BCUT2D eigenvalue weighted by atomic mass is 9.97. The highest BCUT2D eigenvalue weighted by Gasteiger charge is 2.28. The lowest BCUT2D eigenvalue weighted by Crippen LogP contribution is -2.47. The van der Waals surface area contributed by atoms with Gasteiger partial charge in [0.05, 0.1) is 12.0 Å². The standard InChI is InChI=1S/C24H32N2O2/c1-19(27)26(24-11-7-10-21-17-28-18-23(21)24)22-12-14-25(15-13-22)16-20-8-5-3-2-4-6-9-20/h7-8,10-11,17-18,22H,2-6,9,12-16H2,1H3/b20-8+. The second-order valence-corrected chi connectivity index (χ2v) is 8.36. The number of carbonyl (C=O) groups excluding carboxylic acids is 1. The zero-order chi connectivity index (χ0) is 19.3. The Morgan fingerprint density at radius 3 is 2.79 bits per heavy atom. The van der Waals surface area contributed by atoms with Gasteiger partial charge >= 0.3 is 0 Å². The Morgan fingerprint density at radius 2 is 1.96 bits per heavy atom. The topological polar surface area (TPSA) is 36.7 Å². The summed E-state index contributed by atoms with van der Waals surface area (Å²) in [5.74, 6) is 0.120. The third-order valence-electron chi connectivity index (χ3n) is 6.33. The number of hydrogen-bond acceptors (Lipinski definition) is 3. The summed E-state index contributed by atoms with van der Waals surface area (Å²) in [6.45, 7) is 4.93. The van der Waals surface area contributed by atoms with E-state index in [0.29, 0.717) is 0 Å². The molecule has 4 heteroatoms. The summed E-state index contributed by atoms with van der Waals surface area (Å²) in [7, 11) is 0. The van der Waals surface area contributed by atoms with Gasteiger partial charge in [0, 0.05) is 43.4 Å². The van der Waals surface area contributed by atoms with Crippen molar-refractivity contribution >= 4 is 22.4 Å². The average molecular weight is 381 g/mol. The van der Waals surface area contributed by atoms with E-state index >= 15 is 0 Å². The third kappa shape index (κ3) is 4.33. The van der Waals surface area contributed by atoms with Crippen LogP contribution in [0.25, 0.3) is 10.8 Å². The number of nitrogens with zero attached hydrogens (tertiary/aromatic N) is 2. The summed E-state index contributed by atoms with van der Waals surface area (Å²) in [6, 6.07) is 6.36. The van der Waals surface area contributed by atoms with Crippen molar-refractivity contribution in [1.82, 2.24) is 4.90 Å². The molecule has 150 valence electrons. The number of benzene rings is 1. The molecule has 2 aromatic rings. The first kappa shape index (κ1) is 19.3. The van der Waals surface area contributed by atoms with Gasteiger partial charge in [-0.05, 0) is 44.6 Å². The molecule has 1 aliphatic carbocycles. The van der Waals surface area contributed by atoms with Crippen LogP contribution in [-0.2, 0) is 4.79 Å². The molecule has 2 aliphatic rings. The maximum absolute atomic E-state index is 12.6. The molecule has 0 radical (unpaired) electrons. The van der Waals surface area contributed by atoms with Crippen LogP contribution in [0.3, 0.4) is 0 Å². The van der Waals surface area contributed by atoms with E-state index in [2.05, 4.69) is 11.0 Å². The second-order valence-electron chi connectivity index (χ2n) is 8.36. The summed E-state index contributed by atoms with van der Waals surface area (Å²) < 4.78 is 5.39. The molecular weight excluding hydrogens is 348 g/mol. The molecule has 1 amide bonds. The van der Waals surface area contributed by atoms with Crippen LogP contribution in [0.2, 0.25) is 0 Å². The minimum atomic E-state index is 0.120. The number of hydrogen-bond donors (Lipinski definition) is 0. The SMILES string of the molecule is CC(=O)N(c1cccc2cocc12)C1CCN(C/C2=C/CCCCCC2)CC1. The van der Waals surface area contributed by atoms with E-state index in [9.17, 15) is 4.79 Å². The fraction of sp³-hybridized carbons (Fsp3) is 0.542. The zero-order valence-corrected chi connectivity index (χ0v) is 17.0. The van der Waals surface area contributed by atoms with Gasteiger partial charge in [-0.1, -0.05) is 36.6 Å². The maximum atomic E-state index is 12.6. The van der Waals surface area contributed by atoms with Crippen molar-refractivity contribution < 1.29 is 9.21 Å². The Bertz CT molecular complexity index is 830. The predicted molar refractivity (Wildman–Crippen MR) is 115 cm³/mol. The number of likely N-dealkylation sites (tertiary alicyclic amines) is 1. The molecular formula is C24H32N2O2. The van der Waals surface area contributed by atoms with Crippen molar-refractivity contribution in [2.75, 3.05) is 24.5 Å². The van der Waals surface area contributed by atoms with Crippen LogP contribution >= 0.6 is 0 Å². The first-order valence-electron chi connectivity index (χ1n) is 10.9. The minimum Gasteiger partial charge on any atom is -0.471 e. The van der Waals surface area contributed by atoms with Gasteiger partial charge in [0.25, 0.3) is 0 Å². The smallest absolute Gasteiger partial charge is 0.224 e. The first-order valence-corrected chi connectivity index (χ1v) is 10.9. The quantitative estimate of drug-likeness (QED) is 0.654. The molecule has 0 unspecified atom stereocenters. The van der Waals surface area contributed by atoms with Crippen LogP contribution < -0.4 is 4.90 Å². The fourth-order valence-electron chi connectivity index (χ4n) is 4.84. The first-order chi connectivity index (χ1) is 13.7. The largest absolute Gasteiger partial charge is 0.471 e. The van der Waals surface area contributed by atoms with Crippen LogP contribution in [0.5, 0.6) is 0 Å². The Hall–Kier alpha value is -2.07. The van der Waals surface area contributed by atoms with Gasteiger partial charge in [-0.15, -0.1) is 0 Å². The molecule has 4 rings (SSSR count). The Balaban J connectivity index is 1.42. The number of anilines is 1. The highest BCUT2D eigenvalue weighted by Crippen LogP contribution is 2.32. The summed E-state index contributed by atoms with van der Waals surface area (Å²) in [6.07, 6.45) is 16.0. The van der Waals surface area contributed by atoms with E-state index < -0.39 is 0 Å². The van der Waals surface area contributed by atoms with Gasteiger partial charge in [0.2, 0.25) is 5.91 Å². The average Bonchev–Trinajstić information content (AvgIpc) is 3.15. The highest BCUT2D eigenvalue weighted by atomic mass is 16.3. The van der Waals surface area contributed by atoms with Crippen LogP contribution in [0, 0.1) is 0 Å². The number of carbonyl (C=O) groups is 1. The maximum Gasteiger partial charge on any atom is 0.224 e. The summed E-state index contributed by atoms with van der Waals surface area (Å²) in [5, 5.41) is 2.08. The molecule has 1 aliphatic heterocycles. The molecule has 0 atom stereocenters. The van der Waals surface area contributed by atoms with E-state index in [0.717, 1.165) is 48.9 Å². The van der Waals surface area contributed by atoms with Crippen molar-refractivity contribution in [2.45, 2.75) is 64.3 Å². The molecule has 1 fully saturated rings. The van der Waals surface area contributed by atoms with E-state index in [-0.39, 0.29) is 11.9 Å². The number of piperidine rings is 1. The number of fused-ring (bicyclic) bond motifs is 1. The second kappa shape index (κ2) is 8.95. The molecule has 2 heterocycles. The number of rotatable bonds is 4. The fourth-order valence-corrected chi connectivity index (χ4v) is 4.84. The Kier molecular flexibility index (Phi) is 6.16. The van der Waals surface area contributed by atoms with Gasteiger partial charge in [0.1, 0.15) is 6.26 Å². The van der Waals surface area contributed by atoms with Gasteiger partial charge in [-0.3, -0.25) is 9.69 Å². The third-order valence-corrected chi connectivity index (χ3v) is 6.33. The molecule has 0 saturated carbocycles. The summed E-state index contributed by atoms with van der Waals surface area (Å²) >= 11 is 0. The number of furan rings is 1. The lowest BCUT2D eigenvalue weighted by Gasteiger charge is -2.38. The molecule has 1 saturated heterocycles. The van der Waals surface area contributed by atoms with Crippen molar-refractivity contribution in [1.29, 1.82) is 0 Å². The zero-order valence-electron chi connectivity index (χ0n) is 17.0. The van der Waals surface area contributed by atoms with E-state index in [1.165, 1.54) is 38.5 Å². The van der Waals surface area contributed by atoms with Gasteiger partial charge in [-0.25, -0.2) is 0 Å². The monoisotopic (exact) mass is 380 g/mol. The lowest BCUT2D eigenvalue weighted by molar-refractivity contribution is -0.117. The van der Waals surface area contributed by atoms with E-state index in [1.54, 1.807) is 25.0 Å². The molecule has 0 N–H and O–H groups in total. The predicted octanol–water partition coefficient (Wildman–Crippen LogP) is 5.53. The van der Waals surface area contributed by atoms with Gasteiger partial charge in [-0.2, -0.15) is 0 Å². The van der Waals surface area contributed by atoms with Crippen LogP contribution in [0.4, 0.5) is 5.69 Å². The summed E-state index contributed by atoms with van der Waals surface area (Å²) in [4.78, 5) is 17.1. The Morgan fingerprint density at radius 1 is 1.14 bits per heavy atom. The van der Waals surface area contributed by atoms with Crippen LogP contribution in [0.15, 0.2) is 46.8 Å². The van der Waals surface area contributed by atoms with Crippen LogP contribution in [0.1, 0.15) is 58.3 Å². The van der Waals surface area contributed by atoms with Crippen molar-refractivity contribution in [3.05, 3.63) is 42.4 Å². The normalized spacial score (nSPS) is 21.7.